The fraction of sp³-hybridized carbons (Fsp3) is 0.650. The van der Waals surface area contributed by atoms with Crippen molar-refractivity contribution in [2.45, 2.75) is 68.2 Å². The van der Waals surface area contributed by atoms with Gasteiger partial charge >= 0.3 is 5.97 Å². The van der Waals surface area contributed by atoms with Crippen LogP contribution in [-0.4, -0.2) is 44.8 Å². The van der Waals surface area contributed by atoms with E-state index < -0.39 is 21.7 Å². The summed E-state index contributed by atoms with van der Waals surface area (Å²) >= 11 is 0. The molecule has 1 aliphatic carbocycles. The summed E-state index contributed by atoms with van der Waals surface area (Å²) in [5, 5.41) is 9.67. The minimum absolute atomic E-state index is 0.110. The number of hydrogen-bond donors (Lipinski definition) is 1. The lowest BCUT2D eigenvalue weighted by molar-refractivity contribution is -0.186. The van der Waals surface area contributed by atoms with Crippen molar-refractivity contribution >= 4 is 15.8 Å². The van der Waals surface area contributed by atoms with E-state index in [-0.39, 0.29) is 23.2 Å². The number of sulfone groups is 1. The average molecular weight is 397 g/mol. The number of ether oxygens (including phenoxy) is 2. The number of rotatable bonds is 7. The average Bonchev–Trinajstić information content (AvgIpc) is 3.07. The van der Waals surface area contributed by atoms with Crippen LogP contribution in [0.25, 0.3) is 0 Å². The zero-order valence-electron chi connectivity index (χ0n) is 15.7. The molecule has 1 heterocycles. The first-order valence-electron chi connectivity index (χ1n) is 9.63. The van der Waals surface area contributed by atoms with Gasteiger partial charge in [-0.05, 0) is 68.6 Å². The Morgan fingerprint density at radius 3 is 2.56 bits per heavy atom. The molecule has 0 amide bonds. The molecular weight excluding hydrogens is 368 g/mol. The zero-order chi connectivity index (χ0) is 19.4. The Bertz CT molecular complexity index is 736. The lowest BCUT2D eigenvalue weighted by Crippen LogP contribution is -2.26. The van der Waals surface area contributed by atoms with Crippen LogP contribution in [0.4, 0.5) is 0 Å². The number of hydrogen-bond acceptors (Lipinski definition) is 5. The predicted molar refractivity (Wildman–Crippen MR) is 100 cm³/mol. The molecule has 0 radical (unpaired) electrons. The van der Waals surface area contributed by atoms with Gasteiger partial charge in [-0.2, -0.15) is 0 Å². The lowest BCUT2D eigenvalue weighted by Gasteiger charge is -2.26. The molecule has 1 aromatic carbocycles. The molecule has 1 N–H and O–H groups in total. The summed E-state index contributed by atoms with van der Waals surface area (Å²) in [6.07, 6.45) is 7.60. The molecule has 7 heteroatoms. The van der Waals surface area contributed by atoms with E-state index in [1.54, 1.807) is 12.1 Å². The number of carboxylic acids is 1. The number of carbonyl (C=O) groups is 1. The Hall–Kier alpha value is -1.44. The first-order chi connectivity index (χ1) is 12.8. The second-order valence-electron chi connectivity index (χ2n) is 7.70. The molecule has 1 aliphatic heterocycles. The second-order valence-corrected chi connectivity index (χ2v) is 9.72. The number of aliphatic carboxylic acids is 1. The minimum Gasteiger partial charge on any atom is -0.481 e. The molecule has 6 nitrogen and oxygen atoms in total. The fourth-order valence-corrected chi connectivity index (χ4v) is 4.69. The van der Waals surface area contributed by atoms with Gasteiger partial charge in [0.2, 0.25) is 0 Å². The van der Waals surface area contributed by atoms with Crippen LogP contribution in [0, 0.1) is 5.92 Å². The van der Waals surface area contributed by atoms with Crippen molar-refractivity contribution < 1.29 is 27.8 Å². The first kappa shape index (κ1) is 20.3. The lowest BCUT2D eigenvalue weighted by atomic mass is 9.88. The van der Waals surface area contributed by atoms with E-state index in [2.05, 4.69) is 0 Å². The predicted octanol–water partition coefficient (Wildman–Crippen LogP) is 3.36. The van der Waals surface area contributed by atoms with Crippen LogP contribution in [0.1, 0.15) is 56.4 Å². The summed E-state index contributed by atoms with van der Waals surface area (Å²) in [5.74, 6) is -1.22. The van der Waals surface area contributed by atoms with Crippen molar-refractivity contribution in [2.24, 2.45) is 5.92 Å². The maximum absolute atomic E-state index is 11.8. The van der Waals surface area contributed by atoms with Gasteiger partial charge in [0.1, 0.15) is 0 Å². The van der Waals surface area contributed by atoms with Crippen molar-refractivity contribution in [2.75, 3.05) is 12.9 Å². The van der Waals surface area contributed by atoms with Gasteiger partial charge in [0.15, 0.2) is 16.1 Å². The third-order valence-electron chi connectivity index (χ3n) is 5.55. The van der Waals surface area contributed by atoms with E-state index in [1.807, 2.05) is 0 Å². The molecule has 2 aliphatic rings. The molecule has 4 unspecified atom stereocenters. The smallest absolute Gasteiger partial charge is 0.310 e. The minimum atomic E-state index is -3.29. The van der Waals surface area contributed by atoms with E-state index in [0.29, 0.717) is 12.0 Å². The summed E-state index contributed by atoms with van der Waals surface area (Å²) in [4.78, 5) is 12.0. The van der Waals surface area contributed by atoms with Gasteiger partial charge in [-0.1, -0.05) is 12.1 Å². The molecule has 2 fully saturated rings. The topological polar surface area (TPSA) is 89.9 Å². The highest BCUT2D eigenvalue weighted by Crippen LogP contribution is 2.37. The highest BCUT2D eigenvalue weighted by atomic mass is 32.2. The highest BCUT2D eigenvalue weighted by Gasteiger charge is 2.32. The molecule has 1 saturated carbocycles. The number of carboxylic acid groups (broad SMARTS) is 1. The van der Waals surface area contributed by atoms with Crippen LogP contribution in [0.5, 0.6) is 0 Å². The molecule has 0 aromatic heterocycles. The Morgan fingerprint density at radius 2 is 1.96 bits per heavy atom. The van der Waals surface area contributed by atoms with E-state index in [1.165, 1.54) is 12.1 Å². The molecule has 1 aromatic rings. The van der Waals surface area contributed by atoms with Crippen molar-refractivity contribution in [1.29, 1.82) is 0 Å². The molecule has 1 saturated heterocycles. The van der Waals surface area contributed by atoms with Crippen molar-refractivity contribution in [3.05, 3.63) is 29.8 Å². The van der Waals surface area contributed by atoms with Crippen LogP contribution >= 0.6 is 0 Å². The van der Waals surface area contributed by atoms with Gasteiger partial charge in [0.05, 0.1) is 16.9 Å². The third kappa shape index (κ3) is 5.53. The molecular formula is C20H28O6S. The van der Waals surface area contributed by atoms with Gasteiger partial charge in [-0.3, -0.25) is 4.79 Å². The Labute approximate surface area is 160 Å². The first-order valence-corrected chi connectivity index (χ1v) is 11.5. The summed E-state index contributed by atoms with van der Waals surface area (Å²) in [6, 6.07) is 6.21. The molecule has 4 atom stereocenters. The Kier molecular flexibility index (Phi) is 6.55. The van der Waals surface area contributed by atoms with E-state index in [0.717, 1.165) is 51.4 Å². The monoisotopic (exact) mass is 396 g/mol. The standard InChI is InChI=1S/C20H28O6S/c1-27(23,24)17-9-6-15(7-10-17)18(20(21)22)13-14-5-8-16(12-14)26-19-4-2-3-11-25-19/h6-7,9-10,14,16,18-19H,2-5,8,11-13H2,1H3,(H,21,22). The van der Waals surface area contributed by atoms with Gasteiger partial charge in [-0.15, -0.1) is 0 Å². The maximum atomic E-state index is 11.8. The molecule has 150 valence electrons. The molecule has 27 heavy (non-hydrogen) atoms. The largest absolute Gasteiger partial charge is 0.481 e. The molecule has 3 rings (SSSR count). The highest BCUT2D eigenvalue weighted by molar-refractivity contribution is 7.90. The molecule has 0 spiro atoms. The summed E-state index contributed by atoms with van der Waals surface area (Å²) in [7, 11) is -3.29. The second kappa shape index (κ2) is 8.71. The van der Waals surface area contributed by atoms with Gasteiger partial charge < -0.3 is 14.6 Å². The Morgan fingerprint density at radius 1 is 1.22 bits per heavy atom. The van der Waals surface area contributed by atoms with Gasteiger partial charge in [0, 0.05) is 12.9 Å². The fourth-order valence-electron chi connectivity index (χ4n) is 4.06. The quantitative estimate of drug-likeness (QED) is 0.760. The Balaban J connectivity index is 1.59. The van der Waals surface area contributed by atoms with E-state index in [9.17, 15) is 18.3 Å². The zero-order valence-corrected chi connectivity index (χ0v) is 16.5. The summed E-state index contributed by atoms with van der Waals surface area (Å²) in [5.41, 5.74) is 0.648. The summed E-state index contributed by atoms with van der Waals surface area (Å²) < 4.78 is 34.9. The van der Waals surface area contributed by atoms with Crippen LogP contribution < -0.4 is 0 Å². The summed E-state index contributed by atoms with van der Waals surface area (Å²) in [6.45, 7) is 0.755. The third-order valence-corrected chi connectivity index (χ3v) is 6.68. The van der Waals surface area contributed by atoms with Gasteiger partial charge in [-0.25, -0.2) is 8.42 Å². The van der Waals surface area contributed by atoms with Crippen LogP contribution in [0.15, 0.2) is 29.2 Å². The van der Waals surface area contributed by atoms with E-state index in [4.69, 9.17) is 9.47 Å². The van der Waals surface area contributed by atoms with Crippen molar-refractivity contribution in [3.63, 3.8) is 0 Å². The van der Waals surface area contributed by atoms with Crippen LogP contribution in [0.3, 0.4) is 0 Å². The maximum Gasteiger partial charge on any atom is 0.310 e. The SMILES string of the molecule is CS(=O)(=O)c1ccc(C(CC2CCC(OC3CCCCO3)C2)C(=O)O)cc1. The van der Waals surface area contributed by atoms with Crippen LogP contribution in [0.2, 0.25) is 0 Å². The van der Waals surface area contributed by atoms with Crippen molar-refractivity contribution in [3.8, 4) is 0 Å². The number of benzene rings is 1. The molecule has 0 bridgehead atoms. The van der Waals surface area contributed by atoms with Crippen molar-refractivity contribution in [1.82, 2.24) is 0 Å². The van der Waals surface area contributed by atoms with E-state index >= 15 is 0 Å². The van der Waals surface area contributed by atoms with Crippen LogP contribution in [-0.2, 0) is 24.1 Å². The van der Waals surface area contributed by atoms with Gasteiger partial charge in [0.25, 0.3) is 0 Å². The normalized spacial score (nSPS) is 27.4.